The van der Waals surface area contributed by atoms with Crippen molar-refractivity contribution in [3.63, 3.8) is 0 Å². The Balaban J connectivity index is 1.59. The SMILES string of the molecule is CCCN(C(=O)OCC1c2ccccc2-c2ccccc21)C1(C(=O)O)CCNCC1C. The van der Waals surface area contributed by atoms with E-state index in [1.165, 1.54) is 16.0 Å². The number of carbonyl (C=O) groups excluding carboxylic acids is 1. The Labute approximate surface area is 183 Å². The van der Waals surface area contributed by atoms with Crippen molar-refractivity contribution in [2.75, 3.05) is 26.2 Å². The van der Waals surface area contributed by atoms with Crippen molar-refractivity contribution < 1.29 is 19.4 Å². The number of amides is 1. The van der Waals surface area contributed by atoms with E-state index in [9.17, 15) is 14.7 Å². The molecule has 0 spiro atoms. The molecule has 1 amide bonds. The van der Waals surface area contributed by atoms with E-state index in [0.29, 0.717) is 32.5 Å². The first kappa shape index (κ1) is 21.4. The summed E-state index contributed by atoms with van der Waals surface area (Å²) in [6.45, 7) is 5.50. The molecule has 2 aromatic rings. The molecule has 0 bridgehead atoms. The number of carboxylic acid groups (broad SMARTS) is 1. The molecule has 31 heavy (non-hydrogen) atoms. The average Bonchev–Trinajstić information content (AvgIpc) is 3.10. The second-order valence-electron chi connectivity index (χ2n) is 8.54. The zero-order chi connectivity index (χ0) is 22.0. The number of nitrogens with one attached hydrogen (secondary N) is 1. The van der Waals surface area contributed by atoms with Crippen molar-refractivity contribution in [2.45, 2.75) is 38.1 Å². The summed E-state index contributed by atoms with van der Waals surface area (Å²) in [5, 5.41) is 13.4. The predicted molar refractivity (Wildman–Crippen MR) is 119 cm³/mol. The average molecular weight is 423 g/mol. The first-order valence-corrected chi connectivity index (χ1v) is 11.1. The van der Waals surface area contributed by atoms with E-state index in [-0.39, 0.29) is 18.4 Å². The third-order valence-electron chi connectivity index (χ3n) is 6.80. The van der Waals surface area contributed by atoms with Crippen molar-refractivity contribution in [1.29, 1.82) is 0 Å². The van der Waals surface area contributed by atoms with E-state index in [4.69, 9.17) is 4.74 Å². The summed E-state index contributed by atoms with van der Waals surface area (Å²) < 4.78 is 5.83. The number of fused-ring (bicyclic) bond motifs is 3. The molecule has 6 nitrogen and oxygen atoms in total. The molecule has 6 heteroatoms. The molecule has 2 N–H and O–H groups in total. The molecule has 1 aliphatic carbocycles. The number of piperidine rings is 1. The van der Waals surface area contributed by atoms with E-state index in [1.807, 2.05) is 38.1 Å². The highest BCUT2D eigenvalue weighted by molar-refractivity contribution is 5.85. The molecule has 0 saturated carbocycles. The Morgan fingerprint density at radius 1 is 1.13 bits per heavy atom. The summed E-state index contributed by atoms with van der Waals surface area (Å²) >= 11 is 0. The normalized spacial score (nSPS) is 22.5. The number of nitrogens with zero attached hydrogens (tertiary/aromatic N) is 1. The third kappa shape index (κ3) is 3.59. The zero-order valence-electron chi connectivity index (χ0n) is 18.1. The van der Waals surface area contributed by atoms with Crippen molar-refractivity contribution >= 4 is 12.1 Å². The zero-order valence-corrected chi connectivity index (χ0v) is 18.1. The molecule has 0 radical (unpaired) electrons. The Kier molecular flexibility index (Phi) is 6.01. The Hall–Kier alpha value is -2.86. The van der Waals surface area contributed by atoms with Crippen LogP contribution in [0.4, 0.5) is 4.79 Å². The lowest BCUT2D eigenvalue weighted by atomic mass is 9.78. The van der Waals surface area contributed by atoms with Gasteiger partial charge in [0.1, 0.15) is 12.1 Å². The number of hydrogen-bond acceptors (Lipinski definition) is 4. The van der Waals surface area contributed by atoms with Crippen LogP contribution in [0.5, 0.6) is 0 Å². The minimum absolute atomic E-state index is 0.0500. The Morgan fingerprint density at radius 3 is 2.29 bits per heavy atom. The molecule has 164 valence electrons. The van der Waals surface area contributed by atoms with Gasteiger partial charge in [0.2, 0.25) is 0 Å². The molecule has 1 fully saturated rings. The highest BCUT2D eigenvalue weighted by Gasteiger charge is 2.52. The molecule has 1 aliphatic heterocycles. The standard InChI is InChI=1S/C25H30N2O4/c1-3-14-27(25(23(28)29)12-13-26-15-17(25)2)24(30)31-16-22-20-10-6-4-8-18(20)19-9-5-7-11-21(19)22/h4-11,17,22,26H,3,12-16H2,1-2H3,(H,28,29). The molecular weight excluding hydrogens is 392 g/mol. The summed E-state index contributed by atoms with van der Waals surface area (Å²) in [4.78, 5) is 27.2. The topological polar surface area (TPSA) is 78.9 Å². The van der Waals surface area contributed by atoms with Gasteiger partial charge in [-0.15, -0.1) is 0 Å². The number of aliphatic carboxylic acids is 1. The smallest absolute Gasteiger partial charge is 0.410 e. The summed E-state index contributed by atoms with van der Waals surface area (Å²) in [6, 6.07) is 16.4. The number of hydrogen-bond donors (Lipinski definition) is 2. The molecule has 4 rings (SSSR count). The quantitative estimate of drug-likeness (QED) is 0.733. The molecule has 2 aliphatic rings. The first-order chi connectivity index (χ1) is 15.0. The Morgan fingerprint density at radius 2 is 1.74 bits per heavy atom. The maximum Gasteiger partial charge on any atom is 0.410 e. The van der Waals surface area contributed by atoms with Gasteiger partial charge in [-0.25, -0.2) is 9.59 Å². The summed E-state index contributed by atoms with van der Waals surface area (Å²) in [5.74, 6) is -1.22. The van der Waals surface area contributed by atoms with E-state index in [2.05, 4.69) is 29.6 Å². The van der Waals surface area contributed by atoms with Gasteiger partial charge in [0, 0.05) is 24.9 Å². The highest BCUT2D eigenvalue weighted by atomic mass is 16.6. The number of carboxylic acids is 1. The molecular formula is C25H30N2O4. The van der Waals surface area contributed by atoms with E-state index in [1.54, 1.807) is 0 Å². The van der Waals surface area contributed by atoms with Gasteiger partial charge in [-0.2, -0.15) is 0 Å². The lowest BCUT2D eigenvalue weighted by Gasteiger charge is -2.46. The number of benzene rings is 2. The van der Waals surface area contributed by atoms with Gasteiger partial charge in [0.05, 0.1) is 0 Å². The fourth-order valence-electron chi connectivity index (χ4n) is 5.20. The Bertz CT molecular complexity index is 930. The van der Waals surface area contributed by atoms with Crippen LogP contribution in [0.25, 0.3) is 11.1 Å². The summed E-state index contributed by atoms with van der Waals surface area (Å²) in [6.07, 6.45) is 0.493. The first-order valence-electron chi connectivity index (χ1n) is 11.1. The van der Waals surface area contributed by atoms with Gasteiger partial charge in [-0.1, -0.05) is 62.4 Å². The molecule has 1 heterocycles. The van der Waals surface area contributed by atoms with Gasteiger partial charge in [0.15, 0.2) is 0 Å². The van der Waals surface area contributed by atoms with Gasteiger partial charge in [-0.3, -0.25) is 4.90 Å². The summed E-state index contributed by atoms with van der Waals surface area (Å²) in [7, 11) is 0. The lowest BCUT2D eigenvalue weighted by Crippen LogP contribution is -2.66. The fraction of sp³-hybridized carbons (Fsp3) is 0.440. The van der Waals surface area contributed by atoms with Crippen LogP contribution in [0.1, 0.15) is 43.7 Å². The van der Waals surface area contributed by atoms with Crippen molar-refractivity contribution in [3.8, 4) is 11.1 Å². The minimum atomic E-state index is -1.25. The van der Waals surface area contributed by atoms with Gasteiger partial charge in [0.25, 0.3) is 0 Å². The minimum Gasteiger partial charge on any atom is -0.479 e. The number of rotatable bonds is 6. The van der Waals surface area contributed by atoms with Crippen LogP contribution in [0.15, 0.2) is 48.5 Å². The lowest BCUT2D eigenvalue weighted by molar-refractivity contribution is -0.156. The molecule has 2 atom stereocenters. The van der Waals surface area contributed by atoms with E-state index >= 15 is 0 Å². The van der Waals surface area contributed by atoms with Gasteiger partial charge < -0.3 is 15.2 Å². The predicted octanol–water partition coefficient (Wildman–Crippen LogP) is 4.10. The van der Waals surface area contributed by atoms with E-state index in [0.717, 1.165) is 11.1 Å². The van der Waals surface area contributed by atoms with Crippen LogP contribution in [-0.2, 0) is 9.53 Å². The second kappa shape index (κ2) is 8.71. The number of carbonyl (C=O) groups is 2. The van der Waals surface area contributed by atoms with Gasteiger partial charge >= 0.3 is 12.1 Å². The van der Waals surface area contributed by atoms with Crippen molar-refractivity contribution in [1.82, 2.24) is 10.2 Å². The maximum atomic E-state index is 13.3. The monoisotopic (exact) mass is 422 g/mol. The van der Waals surface area contributed by atoms with Crippen LogP contribution in [0, 0.1) is 5.92 Å². The second-order valence-corrected chi connectivity index (χ2v) is 8.54. The van der Waals surface area contributed by atoms with Crippen LogP contribution < -0.4 is 5.32 Å². The third-order valence-corrected chi connectivity index (χ3v) is 6.80. The fourth-order valence-corrected chi connectivity index (χ4v) is 5.20. The van der Waals surface area contributed by atoms with Crippen molar-refractivity contribution in [3.05, 3.63) is 59.7 Å². The van der Waals surface area contributed by atoms with Crippen LogP contribution in [0.2, 0.25) is 0 Å². The highest BCUT2D eigenvalue weighted by Crippen LogP contribution is 2.44. The van der Waals surface area contributed by atoms with E-state index < -0.39 is 17.6 Å². The largest absolute Gasteiger partial charge is 0.479 e. The van der Waals surface area contributed by atoms with Crippen LogP contribution in [-0.4, -0.2) is 53.8 Å². The molecule has 1 saturated heterocycles. The number of ether oxygens (including phenoxy) is 1. The molecule has 2 aromatic carbocycles. The van der Waals surface area contributed by atoms with Crippen LogP contribution >= 0.6 is 0 Å². The van der Waals surface area contributed by atoms with Gasteiger partial charge in [-0.05, 0) is 41.6 Å². The van der Waals surface area contributed by atoms with Crippen molar-refractivity contribution in [2.24, 2.45) is 5.92 Å². The molecule has 0 aromatic heterocycles. The maximum absolute atomic E-state index is 13.3. The molecule has 2 unspecified atom stereocenters. The van der Waals surface area contributed by atoms with Crippen LogP contribution in [0.3, 0.4) is 0 Å². The summed E-state index contributed by atoms with van der Waals surface area (Å²) in [5.41, 5.74) is 3.37.